The van der Waals surface area contributed by atoms with Crippen LogP contribution in [-0.4, -0.2) is 113 Å². The second-order valence-corrected chi connectivity index (χ2v) is 6.20. The Morgan fingerprint density at radius 2 is 1.89 bits per heavy atom. The first-order chi connectivity index (χ1) is 12.5. The first kappa shape index (κ1) is 25.6. The van der Waals surface area contributed by atoms with E-state index in [4.69, 9.17) is 4.74 Å². The third-order valence-electron chi connectivity index (χ3n) is 3.93. The Hall–Kier alpha value is -1.40. The van der Waals surface area contributed by atoms with Crippen LogP contribution in [0.25, 0.3) is 0 Å². The van der Waals surface area contributed by atoms with Crippen molar-refractivity contribution in [3.05, 3.63) is 12.7 Å². The standard InChI is InChI=1S/C17H32N6O3.HI/c1-5-6-19-17(20-13-16(25)21(2)3)23-10-8-22(9-11-23)14-15(24)18-7-12-26-4;/h5H,1,6-14H2,2-4H3,(H,18,24)(H,19,20);1H. The SMILES string of the molecule is C=CCNC(=NCC(=O)N(C)C)N1CCN(CC(=O)NCCOC)CC1.I. The zero-order valence-electron chi connectivity index (χ0n) is 16.6. The van der Waals surface area contributed by atoms with Crippen LogP contribution in [0.4, 0.5) is 0 Å². The number of halogens is 1. The van der Waals surface area contributed by atoms with Gasteiger partial charge in [-0.15, -0.1) is 30.6 Å². The number of rotatable bonds is 9. The van der Waals surface area contributed by atoms with E-state index in [1.807, 2.05) is 0 Å². The number of piperazine rings is 1. The van der Waals surface area contributed by atoms with Gasteiger partial charge in [-0.2, -0.15) is 0 Å². The summed E-state index contributed by atoms with van der Waals surface area (Å²) in [6.45, 7) is 8.80. The molecule has 0 radical (unpaired) electrons. The topological polar surface area (TPSA) is 89.5 Å². The van der Waals surface area contributed by atoms with Gasteiger partial charge in [0.2, 0.25) is 11.8 Å². The molecule has 0 saturated carbocycles. The first-order valence-corrected chi connectivity index (χ1v) is 8.80. The van der Waals surface area contributed by atoms with E-state index in [1.54, 1.807) is 27.3 Å². The van der Waals surface area contributed by atoms with Gasteiger partial charge in [0.15, 0.2) is 5.96 Å². The van der Waals surface area contributed by atoms with E-state index >= 15 is 0 Å². The molecule has 0 aromatic rings. The first-order valence-electron chi connectivity index (χ1n) is 8.80. The van der Waals surface area contributed by atoms with Gasteiger partial charge in [-0.3, -0.25) is 14.5 Å². The number of guanidine groups is 1. The van der Waals surface area contributed by atoms with Gasteiger partial charge in [-0.1, -0.05) is 6.08 Å². The maximum atomic E-state index is 11.9. The lowest BCUT2D eigenvalue weighted by Gasteiger charge is -2.36. The fourth-order valence-electron chi connectivity index (χ4n) is 2.38. The van der Waals surface area contributed by atoms with E-state index in [1.165, 1.54) is 4.90 Å². The fourth-order valence-corrected chi connectivity index (χ4v) is 2.38. The maximum Gasteiger partial charge on any atom is 0.243 e. The number of amides is 2. The highest BCUT2D eigenvalue weighted by Gasteiger charge is 2.21. The van der Waals surface area contributed by atoms with Gasteiger partial charge >= 0.3 is 0 Å². The normalized spacial score (nSPS) is 14.9. The van der Waals surface area contributed by atoms with Crippen molar-refractivity contribution in [3.8, 4) is 0 Å². The summed E-state index contributed by atoms with van der Waals surface area (Å²) in [6.07, 6.45) is 1.75. The van der Waals surface area contributed by atoms with Gasteiger partial charge in [0.05, 0.1) is 13.2 Å². The predicted molar refractivity (Wildman–Crippen MR) is 118 cm³/mol. The summed E-state index contributed by atoms with van der Waals surface area (Å²) < 4.78 is 4.92. The number of nitrogens with zero attached hydrogens (tertiary/aromatic N) is 4. The highest BCUT2D eigenvalue weighted by atomic mass is 127. The molecule has 27 heavy (non-hydrogen) atoms. The number of ether oxygens (including phenoxy) is 1. The number of carbonyl (C=O) groups excluding carboxylic acids is 2. The van der Waals surface area contributed by atoms with E-state index < -0.39 is 0 Å². The Morgan fingerprint density at radius 1 is 1.22 bits per heavy atom. The summed E-state index contributed by atoms with van der Waals surface area (Å²) in [7, 11) is 5.04. The number of likely N-dealkylation sites (N-methyl/N-ethyl adjacent to an activating group) is 1. The van der Waals surface area contributed by atoms with Gasteiger partial charge in [0, 0.05) is 60.5 Å². The summed E-state index contributed by atoms with van der Waals surface area (Å²) in [5, 5.41) is 6.03. The van der Waals surface area contributed by atoms with Crippen molar-refractivity contribution in [2.75, 3.05) is 80.2 Å². The van der Waals surface area contributed by atoms with Crippen molar-refractivity contribution in [1.82, 2.24) is 25.3 Å². The summed E-state index contributed by atoms with van der Waals surface area (Å²) in [5.41, 5.74) is 0. The zero-order chi connectivity index (χ0) is 19.4. The second kappa shape index (κ2) is 14.6. The highest BCUT2D eigenvalue weighted by molar-refractivity contribution is 14.0. The van der Waals surface area contributed by atoms with Crippen LogP contribution in [0.15, 0.2) is 17.6 Å². The molecule has 0 aromatic carbocycles. The molecule has 1 aliphatic heterocycles. The van der Waals surface area contributed by atoms with Crippen molar-refractivity contribution >= 4 is 41.8 Å². The Labute approximate surface area is 179 Å². The molecule has 1 fully saturated rings. The van der Waals surface area contributed by atoms with Crippen LogP contribution in [0, 0.1) is 0 Å². The van der Waals surface area contributed by atoms with E-state index in [2.05, 4.69) is 32.0 Å². The predicted octanol–water partition coefficient (Wildman–Crippen LogP) is -0.796. The van der Waals surface area contributed by atoms with Crippen LogP contribution in [-0.2, 0) is 14.3 Å². The van der Waals surface area contributed by atoms with Gasteiger partial charge < -0.3 is 25.2 Å². The van der Waals surface area contributed by atoms with Crippen molar-refractivity contribution in [2.45, 2.75) is 0 Å². The van der Waals surface area contributed by atoms with Crippen LogP contribution in [0.1, 0.15) is 0 Å². The molecule has 9 nitrogen and oxygen atoms in total. The largest absolute Gasteiger partial charge is 0.383 e. The lowest BCUT2D eigenvalue weighted by Crippen LogP contribution is -2.54. The number of aliphatic imine (C=N–C) groups is 1. The van der Waals surface area contributed by atoms with Gasteiger partial charge in [-0.25, -0.2) is 4.99 Å². The lowest BCUT2D eigenvalue weighted by atomic mass is 10.3. The molecule has 10 heteroatoms. The van der Waals surface area contributed by atoms with Crippen LogP contribution >= 0.6 is 24.0 Å². The molecule has 1 saturated heterocycles. The fraction of sp³-hybridized carbons (Fsp3) is 0.706. The Kier molecular flexibility index (Phi) is 13.9. The molecule has 2 amide bonds. The van der Waals surface area contributed by atoms with E-state index in [-0.39, 0.29) is 42.3 Å². The highest BCUT2D eigenvalue weighted by Crippen LogP contribution is 2.02. The van der Waals surface area contributed by atoms with Crippen LogP contribution < -0.4 is 10.6 Å². The maximum absolute atomic E-state index is 11.9. The molecule has 0 aliphatic carbocycles. The summed E-state index contributed by atoms with van der Waals surface area (Å²) in [6, 6.07) is 0. The molecule has 0 atom stereocenters. The monoisotopic (exact) mass is 496 g/mol. The lowest BCUT2D eigenvalue weighted by molar-refractivity contribution is -0.127. The summed E-state index contributed by atoms with van der Waals surface area (Å²) >= 11 is 0. The van der Waals surface area contributed by atoms with Gasteiger partial charge in [0.1, 0.15) is 6.54 Å². The average molecular weight is 496 g/mol. The van der Waals surface area contributed by atoms with E-state index in [0.29, 0.717) is 32.2 Å². The van der Waals surface area contributed by atoms with E-state index in [0.717, 1.165) is 26.2 Å². The third-order valence-corrected chi connectivity index (χ3v) is 3.93. The molecular formula is C17H33IN6O3. The quantitative estimate of drug-likeness (QED) is 0.143. The molecule has 156 valence electrons. The molecule has 0 spiro atoms. The second-order valence-electron chi connectivity index (χ2n) is 6.20. The number of hydrogen-bond donors (Lipinski definition) is 2. The smallest absolute Gasteiger partial charge is 0.243 e. The van der Waals surface area contributed by atoms with E-state index in [9.17, 15) is 9.59 Å². The van der Waals surface area contributed by atoms with Crippen molar-refractivity contribution in [3.63, 3.8) is 0 Å². The zero-order valence-corrected chi connectivity index (χ0v) is 18.9. The average Bonchev–Trinajstić information content (AvgIpc) is 2.62. The Balaban J connectivity index is 0.00000676. The van der Waals surface area contributed by atoms with Crippen molar-refractivity contribution in [1.29, 1.82) is 0 Å². The van der Waals surface area contributed by atoms with Crippen LogP contribution in [0.5, 0.6) is 0 Å². The number of nitrogens with one attached hydrogen (secondary N) is 2. The minimum Gasteiger partial charge on any atom is -0.383 e. The molecule has 0 unspecified atom stereocenters. The summed E-state index contributed by atoms with van der Waals surface area (Å²) in [4.78, 5) is 33.8. The third kappa shape index (κ3) is 10.5. The molecule has 1 heterocycles. The van der Waals surface area contributed by atoms with Crippen molar-refractivity contribution < 1.29 is 14.3 Å². The van der Waals surface area contributed by atoms with Crippen LogP contribution in [0.2, 0.25) is 0 Å². The minimum atomic E-state index is -0.0470. The Morgan fingerprint density at radius 3 is 2.44 bits per heavy atom. The molecule has 1 rings (SSSR count). The van der Waals surface area contributed by atoms with Gasteiger partial charge in [0.25, 0.3) is 0 Å². The van der Waals surface area contributed by atoms with Crippen LogP contribution in [0.3, 0.4) is 0 Å². The number of hydrogen-bond acceptors (Lipinski definition) is 5. The summed E-state index contributed by atoms with van der Waals surface area (Å²) in [5.74, 6) is 0.657. The molecule has 2 N–H and O–H groups in total. The molecule has 1 aliphatic rings. The molecular weight excluding hydrogens is 463 g/mol. The Bertz CT molecular complexity index is 493. The number of carbonyl (C=O) groups is 2. The molecule has 0 bridgehead atoms. The minimum absolute atomic E-state index is 0. The van der Waals surface area contributed by atoms with Crippen molar-refractivity contribution in [2.24, 2.45) is 4.99 Å². The number of methoxy groups -OCH3 is 1. The van der Waals surface area contributed by atoms with Gasteiger partial charge in [-0.05, 0) is 0 Å². The molecule has 0 aromatic heterocycles.